The molecule has 1 aliphatic heterocycles. The summed E-state index contributed by atoms with van der Waals surface area (Å²) in [6.07, 6.45) is 0.953. The summed E-state index contributed by atoms with van der Waals surface area (Å²) >= 11 is 12.2. The van der Waals surface area contributed by atoms with Crippen LogP contribution in [0.3, 0.4) is 0 Å². The minimum Gasteiger partial charge on any atom is -0.481 e. The summed E-state index contributed by atoms with van der Waals surface area (Å²) in [4.78, 5) is 61.8. The van der Waals surface area contributed by atoms with Crippen molar-refractivity contribution >= 4 is 58.5 Å². The average molecular weight is 578 g/mol. The number of carboxylic acids is 2. The number of carboxylic acid groups (broad SMARTS) is 2. The standard InChI is InChI=1S/C27H29Cl2N3O7/c1-32-22(34)10-13-27(32,14-11-23(35)36)12-9-21(33)31-20(26(38)39)15-16-5-7-17(8-6-16)30-25(37)24-18(28)3-2-4-19(24)29/h2-8,20H,9-15H2,1H3,(H,30,37)(H,31,33)(H,35,36)(H,38,39). The molecule has 1 heterocycles. The van der Waals surface area contributed by atoms with Crippen molar-refractivity contribution in [2.24, 2.45) is 0 Å². The van der Waals surface area contributed by atoms with Gasteiger partial charge < -0.3 is 25.7 Å². The van der Waals surface area contributed by atoms with Crippen LogP contribution in [0.25, 0.3) is 0 Å². The Hall–Kier alpha value is -3.63. The highest BCUT2D eigenvalue weighted by atomic mass is 35.5. The highest BCUT2D eigenvalue weighted by Crippen LogP contribution is 2.37. The number of rotatable bonds is 12. The van der Waals surface area contributed by atoms with E-state index in [1.807, 2.05) is 0 Å². The number of benzene rings is 2. The quantitative estimate of drug-likeness (QED) is 0.297. The van der Waals surface area contributed by atoms with Crippen LogP contribution in [0.15, 0.2) is 42.5 Å². The van der Waals surface area contributed by atoms with Gasteiger partial charge in [-0.3, -0.25) is 19.2 Å². The van der Waals surface area contributed by atoms with Crippen LogP contribution in [-0.4, -0.2) is 63.4 Å². The summed E-state index contributed by atoms with van der Waals surface area (Å²) in [5.41, 5.74) is 0.435. The van der Waals surface area contributed by atoms with Gasteiger partial charge in [0.1, 0.15) is 6.04 Å². The van der Waals surface area contributed by atoms with E-state index in [4.69, 9.17) is 28.3 Å². The number of aliphatic carboxylic acids is 2. The lowest BCUT2D eigenvalue weighted by Gasteiger charge is -2.36. The van der Waals surface area contributed by atoms with Crippen LogP contribution in [-0.2, 0) is 25.6 Å². The lowest BCUT2D eigenvalue weighted by molar-refractivity contribution is -0.142. The molecule has 0 bridgehead atoms. The van der Waals surface area contributed by atoms with Crippen LogP contribution in [0.2, 0.25) is 10.0 Å². The van der Waals surface area contributed by atoms with Crippen LogP contribution in [0, 0.1) is 0 Å². The monoisotopic (exact) mass is 577 g/mol. The number of hydrogen-bond acceptors (Lipinski definition) is 5. The highest BCUT2D eigenvalue weighted by Gasteiger charge is 2.43. The molecule has 1 saturated heterocycles. The molecule has 0 aromatic heterocycles. The van der Waals surface area contributed by atoms with Crippen molar-refractivity contribution in [3.8, 4) is 0 Å². The minimum absolute atomic E-state index is 0.00577. The van der Waals surface area contributed by atoms with Crippen LogP contribution < -0.4 is 10.6 Å². The van der Waals surface area contributed by atoms with Crippen LogP contribution in [0.1, 0.15) is 54.4 Å². The topological polar surface area (TPSA) is 153 Å². The lowest BCUT2D eigenvalue weighted by Crippen LogP contribution is -2.46. The second-order valence-corrected chi connectivity index (χ2v) is 10.3. The molecular formula is C27H29Cl2N3O7. The summed E-state index contributed by atoms with van der Waals surface area (Å²) in [6, 6.07) is 9.96. The summed E-state index contributed by atoms with van der Waals surface area (Å²) in [6.45, 7) is 0. The van der Waals surface area contributed by atoms with Gasteiger partial charge in [-0.25, -0.2) is 4.79 Å². The predicted molar refractivity (Wildman–Crippen MR) is 145 cm³/mol. The number of nitrogens with one attached hydrogen (secondary N) is 2. The van der Waals surface area contributed by atoms with E-state index < -0.39 is 35.3 Å². The van der Waals surface area contributed by atoms with E-state index >= 15 is 0 Å². The normalized spacial score (nSPS) is 17.5. The molecule has 1 fully saturated rings. The van der Waals surface area contributed by atoms with Crippen LogP contribution >= 0.6 is 23.2 Å². The summed E-state index contributed by atoms with van der Waals surface area (Å²) in [5, 5.41) is 24.4. The van der Waals surface area contributed by atoms with Gasteiger partial charge in [0, 0.05) is 44.0 Å². The minimum atomic E-state index is -1.22. The molecule has 2 aromatic rings. The van der Waals surface area contributed by atoms with Gasteiger partial charge in [0.05, 0.1) is 15.6 Å². The second-order valence-electron chi connectivity index (χ2n) is 9.48. The third-order valence-corrected chi connectivity index (χ3v) is 7.62. The van der Waals surface area contributed by atoms with E-state index in [0.29, 0.717) is 17.7 Å². The fraction of sp³-hybridized carbons (Fsp3) is 0.370. The Labute approximate surface area is 235 Å². The van der Waals surface area contributed by atoms with E-state index in [0.717, 1.165) is 0 Å². The highest BCUT2D eigenvalue weighted by molar-refractivity contribution is 6.40. The first-order chi connectivity index (χ1) is 18.4. The molecule has 0 aliphatic carbocycles. The van der Waals surface area contributed by atoms with Gasteiger partial charge in [-0.2, -0.15) is 0 Å². The van der Waals surface area contributed by atoms with Gasteiger partial charge in [-0.1, -0.05) is 41.4 Å². The number of hydrogen-bond donors (Lipinski definition) is 4. The predicted octanol–water partition coefficient (Wildman–Crippen LogP) is 3.99. The Kier molecular flexibility index (Phi) is 9.93. The molecule has 2 atom stereocenters. The van der Waals surface area contributed by atoms with Gasteiger partial charge >= 0.3 is 11.9 Å². The smallest absolute Gasteiger partial charge is 0.326 e. The van der Waals surface area contributed by atoms with E-state index in [2.05, 4.69) is 10.6 Å². The van der Waals surface area contributed by atoms with Crippen LogP contribution in [0.4, 0.5) is 5.69 Å². The Morgan fingerprint density at radius 3 is 2.15 bits per heavy atom. The number of anilines is 1. The maximum atomic E-state index is 12.7. The Bertz CT molecular complexity index is 1250. The summed E-state index contributed by atoms with van der Waals surface area (Å²) < 4.78 is 0. The zero-order valence-corrected chi connectivity index (χ0v) is 22.7. The first-order valence-electron chi connectivity index (χ1n) is 12.3. The molecule has 39 heavy (non-hydrogen) atoms. The van der Waals surface area contributed by atoms with Crippen molar-refractivity contribution in [2.45, 2.75) is 56.5 Å². The van der Waals surface area contributed by atoms with Gasteiger partial charge in [0.25, 0.3) is 5.91 Å². The fourth-order valence-electron chi connectivity index (χ4n) is 4.67. The first kappa shape index (κ1) is 29.9. The van der Waals surface area contributed by atoms with E-state index in [1.54, 1.807) is 49.5 Å². The molecule has 12 heteroatoms. The van der Waals surface area contributed by atoms with E-state index in [9.17, 15) is 29.1 Å². The molecule has 4 N–H and O–H groups in total. The molecule has 0 radical (unpaired) electrons. The fourth-order valence-corrected chi connectivity index (χ4v) is 5.24. The van der Waals surface area contributed by atoms with Gasteiger partial charge in [-0.15, -0.1) is 0 Å². The maximum Gasteiger partial charge on any atom is 0.326 e. The number of carbonyl (C=O) groups excluding carboxylic acids is 3. The third kappa shape index (κ3) is 7.70. The van der Waals surface area contributed by atoms with E-state index in [-0.39, 0.29) is 60.0 Å². The summed E-state index contributed by atoms with van der Waals surface area (Å²) in [5.74, 6) is -3.33. The van der Waals surface area contributed by atoms with Crippen molar-refractivity contribution in [1.82, 2.24) is 10.2 Å². The Balaban J connectivity index is 1.59. The molecule has 3 rings (SSSR count). The Morgan fingerprint density at radius 2 is 1.62 bits per heavy atom. The molecule has 3 amide bonds. The molecule has 10 nitrogen and oxygen atoms in total. The molecule has 2 unspecified atom stereocenters. The maximum absolute atomic E-state index is 12.7. The molecule has 0 spiro atoms. The van der Waals surface area contributed by atoms with Crippen molar-refractivity contribution in [3.63, 3.8) is 0 Å². The number of likely N-dealkylation sites (tertiary alicyclic amines) is 1. The van der Waals surface area contributed by atoms with Crippen molar-refractivity contribution < 1.29 is 34.2 Å². The van der Waals surface area contributed by atoms with E-state index in [1.165, 1.54) is 4.90 Å². The van der Waals surface area contributed by atoms with Gasteiger partial charge in [0.15, 0.2) is 0 Å². The zero-order chi connectivity index (χ0) is 28.7. The van der Waals surface area contributed by atoms with Crippen molar-refractivity contribution in [2.75, 3.05) is 12.4 Å². The SMILES string of the molecule is CN1C(=O)CCC1(CCC(=O)O)CCC(=O)NC(Cc1ccc(NC(=O)c2c(Cl)cccc2Cl)cc1)C(=O)O. The number of halogens is 2. The first-order valence-corrected chi connectivity index (χ1v) is 13.0. The summed E-state index contributed by atoms with van der Waals surface area (Å²) in [7, 11) is 1.60. The van der Waals surface area contributed by atoms with Crippen molar-refractivity contribution in [1.29, 1.82) is 0 Å². The number of amides is 3. The molecule has 0 saturated carbocycles. The second kappa shape index (κ2) is 12.9. The average Bonchev–Trinajstić information content (AvgIpc) is 3.16. The lowest BCUT2D eigenvalue weighted by atomic mass is 9.85. The zero-order valence-electron chi connectivity index (χ0n) is 21.2. The number of carbonyl (C=O) groups is 5. The number of nitrogens with zero attached hydrogens (tertiary/aromatic N) is 1. The largest absolute Gasteiger partial charge is 0.481 e. The molecule has 1 aliphatic rings. The van der Waals surface area contributed by atoms with Gasteiger partial charge in [0.2, 0.25) is 11.8 Å². The van der Waals surface area contributed by atoms with Gasteiger partial charge in [-0.05, 0) is 49.1 Å². The molecule has 208 valence electrons. The molecule has 2 aromatic carbocycles. The Morgan fingerprint density at radius 1 is 1.00 bits per heavy atom. The third-order valence-electron chi connectivity index (χ3n) is 6.99. The molecular weight excluding hydrogens is 549 g/mol. The van der Waals surface area contributed by atoms with Crippen molar-refractivity contribution in [3.05, 3.63) is 63.6 Å². The van der Waals surface area contributed by atoms with Crippen LogP contribution in [0.5, 0.6) is 0 Å².